The van der Waals surface area contributed by atoms with E-state index in [2.05, 4.69) is 29.4 Å². The summed E-state index contributed by atoms with van der Waals surface area (Å²) in [5, 5.41) is 3.41. The minimum Gasteiger partial charge on any atom is -0.497 e. The first-order valence-corrected chi connectivity index (χ1v) is 6.33. The van der Waals surface area contributed by atoms with Crippen LogP contribution in [0.3, 0.4) is 0 Å². The summed E-state index contributed by atoms with van der Waals surface area (Å²) in [4.78, 5) is 2.46. The molecule has 0 bridgehead atoms. The van der Waals surface area contributed by atoms with E-state index < -0.39 is 0 Å². The number of benzene rings is 1. The van der Waals surface area contributed by atoms with Crippen LogP contribution in [0.5, 0.6) is 5.75 Å². The number of likely N-dealkylation sites (N-methyl/N-ethyl adjacent to an activating group) is 1. The van der Waals surface area contributed by atoms with E-state index in [9.17, 15) is 0 Å². The van der Waals surface area contributed by atoms with Gasteiger partial charge in [-0.15, -0.1) is 12.4 Å². The highest BCUT2D eigenvalue weighted by Gasteiger charge is 2.18. The van der Waals surface area contributed by atoms with Crippen LogP contribution in [0.2, 0.25) is 0 Å². The molecule has 1 unspecified atom stereocenters. The fraction of sp³-hybridized carbons (Fsp3) is 0.571. The van der Waals surface area contributed by atoms with E-state index in [1.54, 1.807) is 7.11 Å². The van der Waals surface area contributed by atoms with Crippen molar-refractivity contribution >= 4 is 12.4 Å². The SMILES string of the molecule is COc1ccc(CCN(C)C2CCNC2)cc1.Cl. The average Bonchev–Trinajstić information content (AvgIpc) is 2.90. The average molecular weight is 271 g/mol. The van der Waals surface area contributed by atoms with E-state index in [-0.39, 0.29) is 12.4 Å². The number of nitrogens with one attached hydrogen (secondary N) is 1. The smallest absolute Gasteiger partial charge is 0.118 e. The summed E-state index contributed by atoms with van der Waals surface area (Å²) in [6.45, 7) is 3.43. The highest BCUT2D eigenvalue weighted by atomic mass is 35.5. The maximum atomic E-state index is 5.16. The Labute approximate surface area is 116 Å². The van der Waals surface area contributed by atoms with Crippen LogP contribution in [-0.4, -0.2) is 44.7 Å². The van der Waals surface area contributed by atoms with Crippen molar-refractivity contribution in [3.63, 3.8) is 0 Å². The van der Waals surface area contributed by atoms with Gasteiger partial charge in [0.05, 0.1) is 7.11 Å². The molecule has 1 aliphatic heterocycles. The number of hydrogen-bond donors (Lipinski definition) is 1. The van der Waals surface area contributed by atoms with E-state index in [1.807, 2.05) is 12.1 Å². The summed E-state index contributed by atoms with van der Waals surface area (Å²) in [6, 6.07) is 9.09. The zero-order valence-electron chi connectivity index (χ0n) is 11.2. The summed E-state index contributed by atoms with van der Waals surface area (Å²) in [6.07, 6.45) is 2.39. The number of halogens is 1. The van der Waals surface area contributed by atoms with Gasteiger partial charge in [-0.05, 0) is 44.1 Å². The molecule has 4 heteroatoms. The fourth-order valence-corrected chi connectivity index (χ4v) is 2.30. The lowest BCUT2D eigenvalue weighted by Gasteiger charge is -2.23. The van der Waals surface area contributed by atoms with Crippen molar-refractivity contribution in [2.75, 3.05) is 33.8 Å². The lowest BCUT2D eigenvalue weighted by molar-refractivity contribution is 0.260. The lowest BCUT2D eigenvalue weighted by atomic mass is 10.1. The molecular formula is C14H23ClN2O. The van der Waals surface area contributed by atoms with Gasteiger partial charge in [-0.25, -0.2) is 0 Å². The zero-order valence-corrected chi connectivity index (χ0v) is 12.0. The first-order valence-electron chi connectivity index (χ1n) is 6.33. The minimum atomic E-state index is 0. The normalized spacial score (nSPS) is 18.7. The quantitative estimate of drug-likeness (QED) is 0.885. The minimum absolute atomic E-state index is 0. The first-order chi connectivity index (χ1) is 8.29. The Morgan fingerprint density at radius 3 is 2.61 bits per heavy atom. The van der Waals surface area contributed by atoms with E-state index in [0.717, 1.165) is 31.8 Å². The second-order valence-electron chi connectivity index (χ2n) is 4.73. The molecule has 1 fully saturated rings. The van der Waals surface area contributed by atoms with Crippen LogP contribution >= 0.6 is 12.4 Å². The van der Waals surface area contributed by atoms with Gasteiger partial charge in [0, 0.05) is 19.1 Å². The summed E-state index contributed by atoms with van der Waals surface area (Å²) in [5.41, 5.74) is 1.38. The van der Waals surface area contributed by atoms with Crippen molar-refractivity contribution in [2.45, 2.75) is 18.9 Å². The monoisotopic (exact) mass is 270 g/mol. The summed E-state index contributed by atoms with van der Waals surface area (Å²) in [7, 11) is 3.93. The van der Waals surface area contributed by atoms with E-state index >= 15 is 0 Å². The Bertz CT molecular complexity index is 336. The Kier molecular flexibility index (Phi) is 6.47. The van der Waals surface area contributed by atoms with Gasteiger partial charge in [0.25, 0.3) is 0 Å². The molecule has 102 valence electrons. The van der Waals surface area contributed by atoms with E-state index in [4.69, 9.17) is 4.74 Å². The largest absolute Gasteiger partial charge is 0.497 e. The van der Waals surface area contributed by atoms with Crippen molar-refractivity contribution < 1.29 is 4.74 Å². The van der Waals surface area contributed by atoms with Crippen LogP contribution < -0.4 is 10.1 Å². The molecule has 0 saturated carbocycles. The van der Waals surface area contributed by atoms with Gasteiger partial charge < -0.3 is 15.0 Å². The number of rotatable bonds is 5. The van der Waals surface area contributed by atoms with Crippen molar-refractivity contribution in [1.29, 1.82) is 0 Å². The molecule has 1 N–H and O–H groups in total. The van der Waals surface area contributed by atoms with Crippen LogP contribution in [0.1, 0.15) is 12.0 Å². The van der Waals surface area contributed by atoms with Crippen LogP contribution in [0.15, 0.2) is 24.3 Å². The molecule has 18 heavy (non-hydrogen) atoms. The second-order valence-corrected chi connectivity index (χ2v) is 4.73. The standard InChI is InChI=1S/C14H22N2O.ClH/c1-16(13-7-9-15-11-13)10-8-12-3-5-14(17-2)6-4-12;/h3-6,13,15H,7-11H2,1-2H3;1H. The molecule has 0 aliphatic carbocycles. The molecular weight excluding hydrogens is 248 g/mol. The van der Waals surface area contributed by atoms with Gasteiger partial charge in [0.2, 0.25) is 0 Å². The number of methoxy groups -OCH3 is 1. The molecule has 0 radical (unpaired) electrons. The molecule has 1 saturated heterocycles. The van der Waals surface area contributed by atoms with Gasteiger partial charge in [0.15, 0.2) is 0 Å². The van der Waals surface area contributed by atoms with E-state index in [1.165, 1.54) is 12.0 Å². The molecule has 1 aliphatic rings. The Morgan fingerprint density at radius 2 is 2.06 bits per heavy atom. The molecule has 0 amide bonds. The Morgan fingerprint density at radius 1 is 1.33 bits per heavy atom. The van der Waals surface area contributed by atoms with Gasteiger partial charge in [-0.3, -0.25) is 0 Å². The number of ether oxygens (including phenoxy) is 1. The number of hydrogen-bond acceptors (Lipinski definition) is 3. The van der Waals surface area contributed by atoms with Crippen molar-refractivity contribution in [3.05, 3.63) is 29.8 Å². The van der Waals surface area contributed by atoms with Gasteiger partial charge in [0.1, 0.15) is 5.75 Å². The highest BCUT2D eigenvalue weighted by Crippen LogP contribution is 2.13. The van der Waals surface area contributed by atoms with Gasteiger partial charge >= 0.3 is 0 Å². The predicted octanol–water partition coefficient (Wildman–Crippen LogP) is 1.95. The molecule has 0 spiro atoms. The lowest BCUT2D eigenvalue weighted by Crippen LogP contribution is -2.34. The summed E-state index contributed by atoms with van der Waals surface area (Å²) < 4.78 is 5.16. The third-order valence-electron chi connectivity index (χ3n) is 3.57. The molecule has 1 atom stereocenters. The van der Waals surface area contributed by atoms with Gasteiger partial charge in [-0.2, -0.15) is 0 Å². The van der Waals surface area contributed by atoms with Crippen molar-refractivity contribution in [1.82, 2.24) is 10.2 Å². The molecule has 1 aromatic carbocycles. The van der Waals surface area contributed by atoms with Crippen LogP contribution in [0.4, 0.5) is 0 Å². The molecule has 2 rings (SSSR count). The van der Waals surface area contributed by atoms with E-state index in [0.29, 0.717) is 6.04 Å². The van der Waals surface area contributed by atoms with Crippen molar-refractivity contribution in [2.24, 2.45) is 0 Å². The zero-order chi connectivity index (χ0) is 12.1. The van der Waals surface area contributed by atoms with Crippen molar-refractivity contribution in [3.8, 4) is 5.75 Å². The topological polar surface area (TPSA) is 24.5 Å². The summed E-state index contributed by atoms with van der Waals surface area (Å²) in [5.74, 6) is 0.932. The maximum Gasteiger partial charge on any atom is 0.118 e. The molecule has 3 nitrogen and oxygen atoms in total. The van der Waals surface area contributed by atoms with Crippen LogP contribution in [0.25, 0.3) is 0 Å². The number of nitrogens with zero attached hydrogens (tertiary/aromatic N) is 1. The first kappa shape index (κ1) is 15.3. The predicted molar refractivity (Wildman–Crippen MR) is 77.9 cm³/mol. The molecule has 1 aromatic rings. The molecule has 1 heterocycles. The third-order valence-corrected chi connectivity index (χ3v) is 3.57. The molecule has 0 aromatic heterocycles. The third kappa shape index (κ3) is 4.16. The van der Waals surface area contributed by atoms with Gasteiger partial charge in [-0.1, -0.05) is 12.1 Å². The summed E-state index contributed by atoms with van der Waals surface area (Å²) >= 11 is 0. The Hall–Kier alpha value is -0.770. The van der Waals surface area contributed by atoms with Crippen LogP contribution in [0, 0.1) is 0 Å². The van der Waals surface area contributed by atoms with Crippen LogP contribution in [-0.2, 0) is 6.42 Å². The maximum absolute atomic E-state index is 5.16. The fourth-order valence-electron chi connectivity index (χ4n) is 2.30. The Balaban J connectivity index is 0.00000162. The second kappa shape index (κ2) is 7.62. The highest BCUT2D eigenvalue weighted by molar-refractivity contribution is 5.85.